The van der Waals surface area contributed by atoms with Crippen LogP contribution >= 0.6 is 0 Å². The zero-order valence-corrected chi connectivity index (χ0v) is 5.84. The Kier molecular flexibility index (Phi) is 1.16. The lowest BCUT2D eigenvalue weighted by molar-refractivity contribution is 0.256. The van der Waals surface area contributed by atoms with Crippen LogP contribution in [0.15, 0.2) is 27.6 Å². The minimum Gasteiger partial charge on any atom is -0.466 e. The summed E-state index contributed by atoms with van der Waals surface area (Å²) in [4.78, 5) is 10.7. The van der Waals surface area contributed by atoms with Gasteiger partial charge in [0.25, 0.3) is 0 Å². The second-order valence-electron chi connectivity index (χ2n) is 2.80. The second-order valence-corrected chi connectivity index (χ2v) is 2.80. The van der Waals surface area contributed by atoms with Crippen LogP contribution < -0.4 is 5.43 Å². The van der Waals surface area contributed by atoms with Gasteiger partial charge in [0.05, 0.1) is 6.26 Å². The quantitative estimate of drug-likeness (QED) is 0.615. The maximum Gasteiger partial charge on any atom is 0.185 e. The molecule has 0 saturated heterocycles. The molecule has 0 amide bonds. The van der Waals surface area contributed by atoms with Crippen LogP contribution in [0.2, 0.25) is 0 Å². The molecule has 0 spiro atoms. The first kappa shape index (κ1) is 6.58. The van der Waals surface area contributed by atoms with Gasteiger partial charge in [-0.15, -0.1) is 0 Å². The van der Waals surface area contributed by atoms with Crippen molar-refractivity contribution in [2.45, 2.75) is 18.5 Å². The fourth-order valence-electron chi connectivity index (χ4n) is 0.977. The molecule has 58 valence electrons. The fraction of sp³-hybridized carbons (Fsp3) is 0.375. The van der Waals surface area contributed by atoms with Crippen molar-refractivity contribution in [2.75, 3.05) is 0 Å². The normalized spacial score (nSPS) is 19.7. The third-order valence-electron chi connectivity index (χ3n) is 1.83. The van der Waals surface area contributed by atoms with E-state index < -0.39 is 5.67 Å². The summed E-state index contributed by atoms with van der Waals surface area (Å²) >= 11 is 0. The molecule has 11 heavy (non-hydrogen) atoms. The number of alkyl halides is 1. The highest BCUT2D eigenvalue weighted by Gasteiger charge is 2.47. The molecule has 0 N–H and O–H groups in total. The SMILES string of the molecule is O=c1ccoc(C2(F)CC2)c1. The third kappa shape index (κ3) is 1.06. The number of hydrogen-bond acceptors (Lipinski definition) is 2. The molecule has 0 bridgehead atoms. The first-order chi connectivity index (χ1) is 5.21. The third-order valence-corrected chi connectivity index (χ3v) is 1.83. The lowest BCUT2D eigenvalue weighted by Crippen LogP contribution is -2.04. The predicted molar refractivity (Wildman–Crippen MR) is 37.0 cm³/mol. The van der Waals surface area contributed by atoms with E-state index in [1.165, 1.54) is 18.4 Å². The summed E-state index contributed by atoms with van der Waals surface area (Å²) in [6, 6.07) is 2.49. The average Bonchev–Trinajstić information content (AvgIpc) is 2.70. The first-order valence-corrected chi connectivity index (χ1v) is 3.49. The minimum atomic E-state index is -1.33. The van der Waals surface area contributed by atoms with Gasteiger partial charge in [-0.3, -0.25) is 4.79 Å². The van der Waals surface area contributed by atoms with Crippen molar-refractivity contribution in [1.29, 1.82) is 0 Å². The Morgan fingerprint density at radius 3 is 2.82 bits per heavy atom. The summed E-state index contributed by atoms with van der Waals surface area (Å²) in [6.07, 6.45) is 2.18. The number of hydrogen-bond donors (Lipinski definition) is 0. The van der Waals surface area contributed by atoms with Gasteiger partial charge < -0.3 is 4.42 Å². The molecule has 1 aliphatic carbocycles. The van der Waals surface area contributed by atoms with Gasteiger partial charge in [0.2, 0.25) is 0 Å². The van der Waals surface area contributed by atoms with Crippen molar-refractivity contribution in [2.24, 2.45) is 0 Å². The van der Waals surface area contributed by atoms with Crippen molar-refractivity contribution in [3.8, 4) is 0 Å². The molecule has 0 atom stereocenters. The number of halogens is 1. The summed E-state index contributed by atoms with van der Waals surface area (Å²) in [6.45, 7) is 0. The molecule has 3 heteroatoms. The monoisotopic (exact) mass is 154 g/mol. The lowest BCUT2D eigenvalue weighted by atomic mass is 10.2. The van der Waals surface area contributed by atoms with Gasteiger partial charge in [0, 0.05) is 12.1 Å². The van der Waals surface area contributed by atoms with E-state index in [1.54, 1.807) is 0 Å². The summed E-state index contributed by atoms with van der Waals surface area (Å²) in [5.74, 6) is 0.171. The van der Waals surface area contributed by atoms with Gasteiger partial charge in [-0.1, -0.05) is 0 Å². The van der Waals surface area contributed by atoms with E-state index in [0.29, 0.717) is 12.8 Å². The summed E-state index contributed by atoms with van der Waals surface area (Å²) in [5, 5.41) is 0. The van der Waals surface area contributed by atoms with Crippen LogP contribution in [0.1, 0.15) is 18.6 Å². The summed E-state index contributed by atoms with van der Waals surface area (Å²) in [5.41, 5.74) is -1.53. The molecule has 1 aromatic heterocycles. The van der Waals surface area contributed by atoms with E-state index in [1.807, 2.05) is 0 Å². The zero-order valence-electron chi connectivity index (χ0n) is 5.84. The van der Waals surface area contributed by atoms with Gasteiger partial charge >= 0.3 is 0 Å². The van der Waals surface area contributed by atoms with Gasteiger partial charge in [0.15, 0.2) is 11.1 Å². The zero-order chi connectivity index (χ0) is 7.90. The molecule has 1 fully saturated rings. The van der Waals surface area contributed by atoms with Crippen LogP contribution in [0, 0.1) is 0 Å². The average molecular weight is 154 g/mol. The van der Waals surface area contributed by atoms with Crippen LogP contribution in [-0.4, -0.2) is 0 Å². The van der Waals surface area contributed by atoms with E-state index in [0.717, 1.165) is 0 Å². The van der Waals surface area contributed by atoms with Crippen LogP contribution in [0.3, 0.4) is 0 Å². The smallest absolute Gasteiger partial charge is 0.185 e. The topological polar surface area (TPSA) is 30.2 Å². The molecule has 1 heterocycles. The molecule has 2 nitrogen and oxygen atoms in total. The largest absolute Gasteiger partial charge is 0.466 e. The molecular weight excluding hydrogens is 147 g/mol. The second kappa shape index (κ2) is 1.94. The van der Waals surface area contributed by atoms with E-state index in [2.05, 4.69) is 0 Å². The summed E-state index contributed by atoms with van der Waals surface area (Å²) in [7, 11) is 0. The molecular formula is C8H7FO2. The summed E-state index contributed by atoms with van der Waals surface area (Å²) < 4.78 is 18.0. The Morgan fingerprint density at radius 1 is 1.55 bits per heavy atom. The van der Waals surface area contributed by atoms with Gasteiger partial charge in [-0.25, -0.2) is 4.39 Å². The van der Waals surface area contributed by atoms with E-state index >= 15 is 0 Å². The molecule has 2 rings (SSSR count). The van der Waals surface area contributed by atoms with E-state index in [9.17, 15) is 9.18 Å². The van der Waals surface area contributed by atoms with Crippen molar-refractivity contribution in [1.82, 2.24) is 0 Å². The highest BCUT2D eigenvalue weighted by molar-refractivity contribution is 5.16. The van der Waals surface area contributed by atoms with Gasteiger partial charge in [-0.05, 0) is 12.8 Å². The first-order valence-electron chi connectivity index (χ1n) is 3.49. The fourth-order valence-corrected chi connectivity index (χ4v) is 0.977. The lowest BCUT2D eigenvalue weighted by Gasteiger charge is -2.00. The van der Waals surface area contributed by atoms with Crippen LogP contribution in [0.4, 0.5) is 4.39 Å². The predicted octanol–water partition coefficient (Wildman–Crippen LogP) is 1.60. The Bertz CT molecular complexity index is 325. The molecule has 0 unspecified atom stereocenters. The number of rotatable bonds is 1. The van der Waals surface area contributed by atoms with E-state index in [4.69, 9.17) is 4.42 Å². The van der Waals surface area contributed by atoms with Gasteiger partial charge in [-0.2, -0.15) is 0 Å². The van der Waals surface area contributed by atoms with Crippen LogP contribution in [-0.2, 0) is 5.67 Å². The molecule has 1 aromatic rings. The van der Waals surface area contributed by atoms with Crippen molar-refractivity contribution < 1.29 is 8.81 Å². The van der Waals surface area contributed by atoms with E-state index in [-0.39, 0.29) is 11.2 Å². The van der Waals surface area contributed by atoms with Crippen LogP contribution in [0.25, 0.3) is 0 Å². The van der Waals surface area contributed by atoms with Crippen LogP contribution in [0.5, 0.6) is 0 Å². The van der Waals surface area contributed by atoms with Crippen molar-refractivity contribution >= 4 is 0 Å². The highest BCUT2D eigenvalue weighted by atomic mass is 19.1. The van der Waals surface area contributed by atoms with Crippen molar-refractivity contribution in [3.05, 3.63) is 34.4 Å². The minimum absolute atomic E-state index is 0.171. The maximum atomic E-state index is 13.2. The maximum absolute atomic E-state index is 13.2. The standard InChI is InChI=1S/C8H7FO2/c9-8(2-3-8)7-5-6(10)1-4-11-7/h1,4-5H,2-3H2. The molecule has 0 aliphatic heterocycles. The molecule has 0 radical (unpaired) electrons. The van der Waals surface area contributed by atoms with Crippen molar-refractivity contribution in [3.63, 3.8) is 0 Å². The molecule has 1 saturated carbocycles. The molecule has 1 aliphatic rings. The van der Waals surface area contributed by atoms with Gasteiger partial charge in [0.1, 0.15) is 5.76 Å². The highest BCUT2D eigenvalue weighted by Crippen LogP contribution is 2.48. The molecule has 0 aromatic carbocycles. The Labute approximate surface area is 62.7 Å². The Balaban J connectivity index is 2.46. The Hall–Kier alpha value is -1.12. The Morgan fingerprint density at radius 2 is 2.27 bits per heavy atom.